The number of carbonyl (C=O) groups excluding carboxylic acids is 2. The zero-order valence-electron chi connectivity index (χ0n) is 13.3. The SMILES string of the molecule is CC(C)C(=O)Nc1cccc(NC(=O)CC2CCNCC2)c1. The molecule has 1 heterocycles. The molecule has 0 aromatic heterocycles. The van der Waals surface area contributed by atoms with E-state index in [1.54, 1.807) is 6.07 Å². The molecule has 5 heteroatoms. The molecule has 1 aromatic carbocycles. The van der Waals surface area contributed by atoms with E-state index in [1.807, 2.05) is 32.0 Å². The summed E-state index contributed by atoms with van der Waals surface area (Å²) >= 11 is 0. The van der Waals surface area contributed by atoms with Gasteiger partial charge < -0.3 is 16.0 Å². The first-order valence-corrected chi connectivity index (χ1v) is 7.96. The molecule has 1 fully saturated rings. The van der Waals surface area contributed by atoms with Crippen LogP contribution in [-0.2, 0) is 9.59 Å². The first kappa shape index (κ1) is 16.5. The summed E-state index contributed by atoms with van der Waals surface area (Å²) in [5.41, 5.74) is 1.43. The Labute approximate surface area is 131 Å². The van der Waals surface area contributed by atoms with Crippen LogP contribution in [0.25, 0.3) is 0 Å². The molecule has 2 amide bonds. The molecular formula is C17H25N3O2. The van der Waals surface area contributed by atoms with Gasteiger partial charge in [0, 0.05) is 23.7 Å². The first-order chi connectivity index (χ1) is 10.5. The van der Waals surface area contributed by atoms with E-state index in [4.69, 9.17) is 0 Å². The Kier molecular flexibility index (Phi) is 5.95. The number of rotatable bonds is 5. The quantitative estimate of drug-likeness (QED) is 0.783. The molecule has 22 heavy (non-hydrogen) atoms. The first-order valence-electron chi connectivity index (χ1n) is 7.96. The minimum atomic E-state index is -0.0711. The predicted octanol–water partition coefficient (Wildman–Crippen LogP) is 2.61. The molecule has 1 saturated heterocycles. The molecule has 0 bridgehead atoms. The van der Waals surface area contributed by atoms with Crippen molar-refractivity contribution < 1.29 is 9.59 Å². The van der Waals surface area contributed by atoms with Crippen LogP contribution in [0.2, 0.25) is 0 Å². The lowest BCUT2D eigenvalue weighted by molar-refractivity contribution is -0.119. The molecule has 5 nitrogen and oxygen atoms in total. The van der Waals surface area contributed by atoms with Crippen LogP contribution in [-0.4, -0.2) is 24.9 Å². The fourth-order valence-electron chi connectivity index (χ4n) is 2.52. The molecule has 0 spiro atoms. The largest absolute Gasteiger partial charge is 0.326 e. The van der Waals surface area contributed by atoms with E-state index in [0.29, 0.717) is 18.0 Å². The van der Waals surface area contributed by atoms with E-state index in [9.17, 15) is 9.59 Å². The zero-order chi connectivity index (χ0) is 15.9. The molecule has 0 saturated carbocycles. The third-order valence-corrected chi connectivity index (χ3v) is 3.87. The van der Waals surface area contributed by atoms with Crippen molar-refractivity contribution in [1.82, 2.24) is 5.32 Å². The summed E-state index contributed by atoms with van der Waals surface area (Å²) in [6.07, 6.45) is 2.67. The van der Waals surface area contributed by atoms with Crippen molar-refractivity contribution in [2.24, 2.45) is 11.8 Å². The summed E-state index contributed by atoms with van der Waals surface area (Å²) in [5, 5.41) is 9.06. The van der Waals surface area contributed by atoms with Crippen molar-refractivity contribution in [1.29, 1.82) is 0 Å². The Morgan fingerprint density at radius 3 is 2.45 bits per heavy atom. The second-order valence-electron chi connectivity index (χ2n) is 6.17. The van der Waals surface area contributed by atoms with E-state index < -0.39 is 0 Å². The van der Waals surface area contributed by atoms with Gasteiger partial charge in [0.25, 0.3) is 0 Å². The zero-order valence-corrected chi connectivity index (χ0v) is 13.3. The number of amides is 2. The maximum Gasteiger partial charge on any atom is 0.226 e. The van der Waals surface area contributed by atoms with Gasteiger partial charge in [-0.3, -0.25) is 9.59 Å². The highest BCUT2D eigenvalue weighted by Crippen LogP contribution is 2.19. The van der Waals surface area contributed by atoms with Crippen LogP contribution in [0.3, 0.4) is 0 Å². The van der Waals surface area contributed by atoms with E-state index in [1.165, 1.54) is 0 Å². The highest BCUT2D eigenvalue weighted by molar-refractivity contribution is 5.94. The molecule has 0 aliphatic carbocycles. The molecule has 1 aromatic rings. The van der Waals surface area contributed by atoms with Gasteiger partial charge in [-0.05, 0) is 50.0 Å². The maximum absolute atomic E-state index is 12.1. The molecule has 120 valence electrons. The van der Waals surface area contributed by atoms with Crippen LogP contribution < -0.4 is 16.0 Å². The number of carbonyl (C=O) groups is 2. The van der Waals surface area contributed by atoms with Crippen molar-refractivity contribution in [3.8, 4) is 0 Å². The van der Waals surface area contributed by atoms with Crippen LogP contribution >= 0.6 is 0 Å². The predicted molar refractivity (Wildman–Crippen MR) is 88.8 cm³/mol. The summed E-state index contributed by atoms with van der Waals surface area (Å²) in [6, 6.07) is 7.28. The smallest absolute Gasteiger partial charge is 0.226 e. The lowest BCUT2D eigenvalue weighted by atomic mass is 9.94. The molecule has 2 rings (SSSR count). The second kappa shape index (κ2) is 7.94. The van der Waals surface area contributed by atoms with Crippen LogP contribution in [0.1, 0.15) is 33.1 Å². The highest BCUT2D eigenvalue weighted by Gasteiger charge is 2.17. The van der Waals surface area contributed by atoms with E-state index in [-0.39, 0.29) is 17.7 Å². The van der Waals surface area contributed by atoms with E-state index >= 15 is 0 Å². The monoisotopic (exact) mass is 303 g/mol. The summed E-state index contributed by atoms with van der Waals surface area (Å²) in [7, 11) is 0. The molecule has 3 N–H and O–H groups in total. The van der Waals surface area contributed by atoms with Gasteiger partial charge in [-0.2, -0.15) is 0 Å². The van der Waals surface area contributed by atoms with Gasteiger partial charge in [0.2, 0.25) is 11.8 Å². The second-order valence-corrected chi connectivity index (χ2v) is 6.17. The van der Waals surface area contributed by atoms with Crippen molar-refractivity contribution >= 4 is 23.2 Å². The highest BCUT2D eigenvalue weighted by atomic mass is 16.2. The van der Waals surface area contributed by atoms with Crippen LogP contribution in [0, 0.1) is 11.8 Å². The molecule has 0 radical (unpaired) electrons. The summed E-state index contributed by atoms with van der Waals surface area (Å²) in [4.78, 5) is 23.8. The lowest BCUT2D eigenvalue weighted by Gasteiger charge is -2.22. The molecule has 1 aliphatic heterocycles. The van der Waals surface area contributed by atoms with Gasteiger partial charge in [-0.25, -0.2) is 0 Å². The fraction of sp³-hybridized carbons (Fsp3) is 0.529. The van der Waals surface area contributed by atoms with Crippen molar-refractivity contribution in [3.63, 3.8) is 0 Å². The summed E-state index contributed by atoms with van der Waals surface area (Å²) in [6.45, 7) is 5.68. The molecule has 0 unspecified atom stereocenters. The minimum absolute atomic E-state index is 0.0295. The summed E-state index contributed by atoms with van der Waals surface area (Å²) in [5.74, 6) is 0.403. The maximum atomic E-state index is 12.1. The fourth-order valence-corrected chi connectivity index (χ4v) is 2.52. The lowest BCUT2D eigenvalue weighted by Crippen LogP contribution is -2.30. The Morgan fingerprint density at radius 1 is 1.18 bits per heavy atom. The van der Waals surface area contributed by atoms with Gasteiger partial charge in [0.05, 0.1) is 0 Å². The number of anilines is 2. The van der Waals surface area contributed by atoms with Crippen molar-refractivity contribution in [3.05, 3.63) is 24.3 Å². The van der Waals surface area contributed by atoms with Gasteiger partial charge in [-0.15, -0.1) is 0 Å². The van der Waals surface area contributed by atoms with Gasteiger partial charge in [0.15, 0.2) is 0 Å². The number of nitrogens with one attached hydrogen (secondary N) is 3. The Morgan fingerprint density at radius 2 is 1.82 bits per heavy atom. The van der Waals surface area contributed by atoms with E-state index in [2.05, 4.69) is 16.0 Å². The average Bonchev–Trinajstić information content (AvgIpc) is 2.48. The molecular weight excluding hydrogens is 278 g/mol. The van der Waals surface area contributed by atoms with Gasteiger partial charge >= 0.3 is 0 Å². The third-order valence-electron chi connectivity index (χ3n) is 3.87. The Balaban J connectivity index is 1.89. The molecule has 0 atom stereocenters. The number of piperidine rings is 1. The number of benzene rings is 1. The topological polar surface area (TPSA) is 70.2 Å². The Hall–Kier alpha value is -1.88. The van der Waals surface area contributed by atoms with Crippen molar-refractivity contribution in [2.45, 2.75) is 33.1 Å². The summed E-state index contributed by atoms with van der Waals surface area (Å²) < 4.78 is 0. The van der Waals surface area contributed by atoms with Gasteiger partial charge in [0.1, 0.15) is 0 Å². The van der Waals surface area contributed by atoms with Crippen LogP contribution in [0.15, 0.2) is 24.3 Å². The standard InChI is InChI=1S/C17H25N3O2/c1-12(2)17(22)20-15-5-3-4-14(11-15)19-16(21)10-13-6-8-18-9-7-13/h3-5,11-13,18H,6-10H2,1-2H3,(H,19,21)(H,20,22). The average molecular weight is 303 g/mol. The molecule has 1 aliphatic rings. The minimum Gasteiger partial charge on any atom is -0.326 e. The number of hydrogen-bond acceptors (Lipinski definition) is 3. The normalized spacial score (nSPS) is 15.6. The van der Waals surface area contributed by atoms with Gasteiger partial charge in [-0.1, -0.05) is 19.9 Å². The number of hydrogen-bond donors (Lipinski definition) is 3. The van der Waals surface area contributed by atoms with Crippen LogP contribution in [0.4, 0.5) is 11.4 Å². The third kappa shape index (κ3) is 5.15. The van der Waals surface area contributed by atoms with Crippen molar-refractivity contribution in [2.75, 3.05) is 23.7 Å². The Bertz CT molecular complexity index is 522. The van der Waals surface area contributed by atoms with Crippen LogP contribution in [0.5, 0.6) is 0 Å². The van der Waals surface area contributed by atoms with E-state index in [0.717, 1.165) is 31.6 Å².